The summed E-state index contributed by atoms with van der Waals surface area (Å²) in [6.07, 6.45) is 1.76. The fraction of sp³-hybridized carbons (Fsp3) is 0.571. The molecule has 0 saturated carbocycles. The maximum atomic E-state index is 12.5. The van der Waals surface area contributed by atoms with Crippen LogP contribution in [0.4, 0.5) is 5.69 Å². The number of nitrogens with zero attached hydrogens (tertiary/aromatic N) is 1. The lowest BCUT2D eigenvalue weighted by Crippen LogP contribution is -2.42. The van der Waals surface area contributed by atoms with Crippen LogP contribution in [0.3, 0.4) is 0 Å². The first-order valence-corrected chi connectivity index (χ1v) is 8.79. The van der Waals surface area contributed by atoms with Gasteiger partial charge in [0.1, 0.15) is 10.6 Å². The molecule has 1 aliphatic rings. The van der Waals surface area contributed by atoms with Crippen LogP contribution in [0.1, 0.15) is 19.8 Å². The molecule has 0 bridgehead atoms. The summed E-state index contributed by atoms with van der Waals surface area (Å²) in [5, 5.41) is 14.0. The molecule has 1 saturated heterocycles. The minimum Gasteiger partial charge on any atom is -0.495 e. The molecule has 1 heterocycles. The van der Waals surface area contributed by atoms with Gasteiger partial charge in [-0.15, -0.1) is 12.4 Å². The SMILES string of the molecule is COc1cc([N+](=O)[O-])ccc1S(=O)(=O)NCC1(C)CCNCC1.Cl. The van der Waals surface area contributed by atoms with E-state index in [1.165, 1.54) is 13.2 Å². The lowest BCUT2D eigenvalue weighted by Gasteiger charge is -2.34. The maximum absolute atomic E-state index is 12.5. The number of hydrogen-bond donors (Lipinski definition) is 2. The molecule has 2 N–H and O–H groups in total. The topological polar surface area (TPSA) is 111 Å². The molecule has 0 unspecified atom stereocenters. The van der Waals surface area contributed by atoms with Crippen molar-refractivity contribution in [2.45, 2.75) is 24.7 Å². The average Bonchev–Trinajstić information content (AvgIpc) is 2.53. The van der Waals surface area contributed by atoms with Gasteiger partial charge in [0.05, 0.1) is 18.1 Å². The highest BCUT2D eigenvalue weighted by Crippen LogP contribution is 2.30. The Morgan fingerprint density at radius 2 is 2.00 bits per heavy atom. The fourth-order valence-corrected chi connectivity index (χ4v) is 3.89. The molecule has 1 aliphatic heterocycles. The van der Waals surface area contributed by atoms with E-state index in [0.717, 1.165) is 38.1 Å². The molecule has 10 heteroatoms. The van der Waals surface area contributed by atoms with Gasteiger partial charge in [-0.1, -0.05) is 6.92 Å². The Morgan fingerprint density at radius 1 is 1.38 bits per heavy atom. The summed E-state index contributed by atoms with van der Waals surface area (Å²) >= 11 is 0. The number of piperidine rings is 1. The van der Waals surface area contributed by atoms with Crippen molar-refractivity contribution in [3.8, 4) is 5.75 Å². The van der Waals surface area contributed by atoms with Crippen LogP contribution < -0.4 is 14.8 Å². The first kappa shape index (κ1) is 20.6. The minimum atomic E-state index is -3.80. The molecule has 24 heavy (non-hydrogen) atoms. The summed E-state index contributed by atoms with van der Waals surface area (Å²) in [7, 11) is -2.52. The summed E-state index contributed by atoms with van der Waals surface area (Å²) in [5.41, 5.74) is -0.321. The van der Waals surface area contributed by atoms with E-state index in [2.05, 4.69) is 10.0 Å². The van der Waals surface area contributed by atoms with Crippen molar-refractivity contribution in [3.05, 3.63) is 28.3 Å². The number of nitro benzene ring substituents is 1. The monoisotopic (exact) mass is 379 g/mol. The third-order valence-electron chi connectivity index (χ3n) is 4.15. The average molecular weight is 380 g/mol. The summed E-state index contributed by atoms with van der Waals surface area (Å²) in [4.78, 5) is 10.1. The molecule has 0 spiro atoms. The van der Waals surface area contributed by atoms with Crippen molar-refractivity contribution in [1.82, 2.24) is 10.0 Å². The van der Waals surface area contributed by atoms with E-state index >= 15 is 0 Å². The zero-order valence-corrected chi connectivity index (χ0v) is 15.2. The molecule has 1 aromatic carbocycles. The normalized spacial score (nSPS) is 16.9. The molecule has 0 atom stereocenters. The Morgan fingerprint density at radius 3 is 2.54 bits per heavy atom. The van der Waals surface area contributed by atoms with E-state index in [9.17, 15) is 18.5 Å². The van der Waals surface area contributed by atoms with Gasteiger partial charge in [0.2, 0.25) is 10.0 Å². The summed E-state index contributed by atoms with van der Waals surface area (Å²) in [6, 6.07) is 3.47. The van der Waals surface area contributed by atoms with Gasteiger partial charge >= 0.3 is 0 Å². The van der Waals surface area contributed by atoms with E-state index in [0.29, 0.717) is 6.54 Å². The molecule has 1 fully saturated rings. The third-order valence-corrected chi connectivity index (χ3v) is 5.59. The van der Waals surface area contributed by atoms with Gasteiger partial charge in [-0.3, -0.25) is 10.1 Å². The van der Waals surface area contributed by atoms with E-state index < -0.39 is 14.9 Å². The van der Waals surface area contributed by atoms with Gasteiger partial charge in [0.15, 0.2) is 0 Å². The lowest BCUT2D eigenvalue weighted by molar-refractivity contribution is -0.385. The molecule has 2 rings (SSSR count). The van der Waals surface area contributed by atoms with Crippen LogP contribution in [0.2, 0.25) is 0 Å². The molecule has 0 radical (unpaired) electrons. The molecule has 8 nitrogen and oxygen atoms in total. The first-order valence-electron chi connectivity index (χ1n) is 7.30. The second-order valence-corrected chi connectivity index (χ2v) is 7.71. The largest absolute Gasteiger partial charge is 0.495 e. The van der Waals surface area contributed by atoms with Crippen molar-refractivity contribution < 1.29 is 18.1 Å². The quantitative estimate of drug-likeness (QED) is 0.574. The van der Waals surface area contributed by atoms with Crippen molar-refractivity contribution in [2.75, 3.05) is 26.7 Å². The van der Waals surface area contributed by atoms with Crippen LogP contribution in [0.15, 0.2) is 23.1 Å². The molecule has 0 amide bonds. The van der Waals surface area contributed by atoms with Crippen LogP contribution in [0.5, 0.6) is 5.75 Å². The van der Waals surface area contributed by atoms with Gasteiger partial charge in [-0.25, -0.2) is 13.1 Å². The summed E-state index contributed by atoms with van der Waals surface area (Å²) < 4.78 is 32.6. The Hall–Kier alpha value is -1.42. The van der Waals surface area contributed by atoms with E-state index in [-0.39, 0.29) is 34.2 Å². The van der Waals surface area contributed by atoms with Gasteiger partial charge < -0.3 is 10.1 Å². The van der Waals surface area contributed by atoms with E-state index in [1.807, 2.05) is 6.92 Å². The number of hydrogen-bond acceptors (Lipinski definition) is 6. The van der Waals surface area contributed by atoms with Gasteiger partial charge in [-0.2, -0.15) is 0 Å². The smallest absolute Gasteiger partial charge is 0.273 e. The van der Waals surface area contributed by atoms with E-state index in [1.54, 1.807) is 0 Å². The Labute approximate surface area is 147 Å². The maximum Gasteiger partial charge on any atom is 0.273 e. The van der Waals surface area contributed by atoms with Gasteiger partial charge in [-0.05, 0) is 37.4 Å². The zero-order chi connectivity index (χ0) is 17.1. The van der Waals surface area contributed by atoms with Crippen LogP contribution in [0, 0.1) is 15.5 Å². The summed E-state index contributed by atoms with van der Waals surface area (Å²) in [6.45, 7) is 4.08. The van der Waals surface area contributed by atoms with Crippen molar-refractivity contribution in [2.24, 2.45) is 5.41 Å². The number of ether oxygens (including phenoxy) is 1. The number of halogens is 1. The second kappa shape index (κ2) is 8.11. The molecular formula is C14H22ClN3O5S. The van der Waals surface area contributed by atoms with Crippen LogP contribution in [-0.4, -0.2) is 40.1 Å². The van der Waals surface area contributed by atoms with Crippen LogP contribution in [0.25, 0.3) is 0 Å². The van der Waals surface area contributed by atoms with E-state index in [4.69, 9.17) is 4.74 Å². The standard InChI is InChI=1S/C14H21N3O5S.ClH/c1-14(5-7-15-8-6-14)10-16-23(20,21)13-4-3-11(17(18)19)9-12(13)22-2;/h3-4,9,15-16H,5-8,10H2,1-2H3;1H. The fourth-order valence-electron chi connectivity index (χ4n) is 2.55. The molecular weight excluding hydrogens is 358 g/mol. The molecule has 136 valence electrons. The first-order chi connectivity index (χ1) is 10.8. The minimum absolute atomic E-state index is 0. The highest BCUT2D eigenvalue weighted by atomic mass is 35.5. The van der Waals surface area contributed by atoms with Crippen LogP contribution >= 0.6 is 12.4 Å². The lowest BCUT2D eigenvalue weighted by atomic mass is 9.81. The number of non-ortho nitro benzene ring substituents is 1. The van der Waals surface area contributed by atoms with Gasteiger partial charge in [0.25, 0.3) is 5.69 Å². The number of rotatable bonds is 6. The zero-order valence-electron chi connectivity index (χ0n) is 13.6. The van der Waals surface area contributed by atoms with Crippen molar-refractivity contribution in [3.63, 3.8) is 0 Å². The second-order valence-electron chi connectivity index (χ2n) is 5.98. The highest BCUT2D eigenvalue weighted by molar-refractivity contribution is 7.89. The summed E-state index contributed by atoms with van der Waals surface area (Å²) in [5.74, 6) is -0.0397. The number of methoxy groups -OCH3 is 1. The predicted molar refractivity (Wildman–Crippen MR) is 92.3 cm³/mol. The molecule has 0 aliphatic carbocycles. The Bertz CT molecular complexity index is 690. The number of sulfonamides is 1. The van der Waals surface area contributed by atoms with Crippen molar-refractivity contribution >= 4 is 28.1 Å². The Kier molecular flexibility index (Phi) is 6.97. The highest BCUT2D eigenvalue weighted by Gasteiger charge is 2.30. The van der Waals surface area contributed by atoms with Gasteiger partial charge in [0, 0.05) is 12.6 Å². The Balaban J connectivity index is 0.00000288. The molecule has 0 aromatic heterocycles. The number of nitrogens with one attached hydrogen (secondary N) is 2. The third kappa shape index (κ3) is 4.79. The molecule has 1 aromatic rings. The number of nitro groups is 1. The van der Waals surface area contributed by atoms with Crippen molar-refractivity contribution in [1.29, 1.82) is 0 Å². The van der Waals surface area contributed by atoms with Crippen LogP contribution in [-0.2, 0) is 10.0 Å². The predicted octanol–water partition coefficient (Wildman–Crippen LogP) is 1.69. The number of benzene rings is 1.